The summed E-state index contributed by atoms with van der Waals surface area (Å²) in [6, 6.07) is 9.31. The Morgan fingerprint density at radius 3 is 2.64 bits per heavy atom. The molecule has 2 aromatic carbocycles. The molecule has 0 atom stereocenters. The highest BCUT2D eigenvalue weighted by molar-refractivity contribution is 6.38. The van der Waals surface area contributed by atoms with Gasteiger partial charge in [0.05, 0.1) is 18.0 Å². The Hall–Kier alpha value is -3.32. The molecule has 0 fully saturated rings. The number of aliphatic hydroxyl groups is 1. The van der Waals surface area contributed by atoms with Gasteiger partial charge in [0.1, 0.15) is 17.3 Å². The van der Waals surface area contributed by atoms with E-state index in [4.69, 9.17) is 21.4 Å². The molecule has 8 heteroatoms. The van der Waals surface area contributed by atoms with E-state index in [1.54, 1.807) is 28.8 Å². The number of benzene rings is 2. The van der Waals surface area contributed by atoms with Crippen molar-refractivity contribution in [3.63, 3.8) is 0 Å². The van der Waals surface area contributed by atoms with Crippen LogP contribution in [0.2, 0.25) is 5.02 Å². The lowest BCUT2D eigenvalue weighted by atomic mass is 10.1. The Bertz CT molecular complexity index is 1100. The molecule has 1 aromatic heterocycles. The number of hydrogen-bond donors (Lipinski definition) is 2. The number of carboxylic acid groups (broad SMARTS) is 1. The van der Waals surface area contributed by atoms with Gasteiger partial charge >= 0.3 is 5.97 Å². The Labute approximate surface area is 164 Å². The molecule has 0 saturated carbocycles. The zero-order valence-corrected chi connectivity index (χ0v) is 15.4. The summed E-state index contributed by atoms with van der Waals surface area (Å²) < 4.78 is 20.7. The van der Waals surface area contributed by atoms with Crippen molar-refractivity contribution in [2.45, 2.75) is 6.54 Å². The first-order valence-electron chi connectivity index (χ1n) is 8.09. The number of carbonyl (C=O) groups excluding carboxylic acids is 1. The van der Waals surface area contributed by atoms with E-state index in [9.17, 15) is 19.1 Å². The van der Waals surface area contributed by atoms with E-state index in [0.717, 1.165) is 0 Å². The normalized spacial score (nSPS) is 11.6. The van der Waals surface area contributed by atoms with Crippen LogP contribution < -0.4 is 4.74 Å². The van der Waals surface area contributed by atoms with Crippen molar-refractivity contribution in [3.05, 3.63) is 70.6 Å². The van der Waals surface area contributed by atoms with Gasteiger partial charge in [0.2, 0.25) is 0 Å². The first-order valence-corrected chi connectivity index (χ1v) is 8.47. The van der Waals surface area contributed by atoms with Crippen LogP contribution in [0.1, 0.15) is 11.1 Å². The Balaban J connectivity index is 2.17. The van der Waals surface area contributed by atoms with E-state index < -0.39 is 23.3 Å². The smallest absolute Gasteiger partial charge is 0.376 e. The standard InChI is InChI=1S/C20H15ClFNO5/c1-28-18-4-2-3-15-19(18)14(16(24)8-17(25)20(26)27)10-23(15)9-11-5-12(21)7-13(22)6-11/h2-8,10,24H,9H2,1H3,(H,26,27)/b16-8-. The highest BCUT2D eigenvalue weighted by Crippen LogP contribution is 2.34. The van der Waals surface area contributed by atoms with Crippen LogP contribution in [0, 0.1) is 5.82 Å². The van der Waals surface area contributed by atoms with Gasteiger partial charge in [-0.05, 0) is 35.9 Å². The van der Waals surface area contributed by atoms with E-state index >= 15 is 0 Å². The van der Waals surface area contributed by atoms with Crippen molar-refractivity contribution in [1.29, 1.82) is 0 Å². The Morgan fingerprint density at radius 1 is 1.25 bits per heavy atom. The monoisotopic (exact) mass is 403 g/mol. The summed E-state index contributed by atoms with van der Waals surface area (Å²) in [5, 5.41) is 19.8. The van der Waals surface area contributed by atoms with Crippen molar-refractivity contribution < 1.29 is 28.9 Å². The van der Waals surface area contributed by atoms with Crippen molar-refractivity contribution in [1.82, 2.24) is 4.57 Å². The van der Waals surface area contributed by atoms with Crippen LogP contribution in [-0.2, 0) is 16.1 Å². The third kappa shape index (κ3) is 3.84. The molecular weight excluding hydrogens is 389 g/mol. The first kappa shape index (κ1) is 19.4. The number of ketones is 1. The van der Waals surface area contributed by atoms with Gasteiger partial charge in [-0.2, -0.15) is 0 Å². The predicted molar refractivity (Wildman–Crippen MR) is 102 cm³/mol. The number of fused-ring (bicyclic) bond motifs is 1. The Kier molecular flexibility index (Phi) is 5.37. The highest BCUT2D eigenvalue weighted by Gasteiger charge is 2.18. The number of aliphatic hydroxyl groups excluding tert-OH is 1. The molecule has 0 radical (unpaired) electrons. The van der Waals surface area contributed by atoms with Crippen LogP contribution in [0.3, 0.4) is 0 Å². The molecule has 28 heavy (non-hydrogen) atoms. The molecule has 0 bridgehead atoms. The molecule has 0 spiro atoms. The number of carbonyl (C=O) groups is 2. The maximum atomic E-state index is 13.7. The van der Waals surface area contributed by atoms with E-state index in [-0.39, 0.29) is 17.1 Å². The molecule has 0 aliphatic rings. The second-order valence-corrected chi connectivity index (χ2v) is 6.44. The number of ether oxygens (including phenoxy) is 1. The zero-order chi connectivity index (χ0) is 20.4. The first-order chi connectivity index (χ1) is 13.3. The number of methoxy groups -OCH3 is 1. The maximum absolute atomic E-state index is 13.7. The fraction of sp³-hybridized carbons (Fsp3) is 0.100. The summed E-state index contributed by atoms with van der Waals surface area (Å²) in [7, 11) is 1.45. The van der Waals surface area contributed by atoms with Gasteiger partial charge in [-0.3, -0.25) is 4.79 Å². The van der Waals surface area contributed by atoms with Gasteiger partial charge in [0.25, 0.3) is 5.78 Å². The molecule has 0 unspecified atom stereocenters. The largest absolute Gasteiger partial charge is 0.507 e. The summed E-state index contributed by atoms with van der Waals surface area (Å²) in [5.74, 6) is -3.52. The molecule has 2 N–H and O–H groups in total. The van der Waals surface area contributed by atoms with Gasteiger partial charge in [-0.25, -0.2) is 9.18 Å². The molecule has 0 aliphatic heterocycles. The lowest BCUT2D eigenvalue weighted by Gasteiger charge is -2.08. The fourth-order valence-corrected chi connectivity index (χ4v) is 3.22. The number of carboxylic acids is 1. The number of halogens is 2. The van der Waals surface area contributed by atoms with E-state index in [2.05, 4.69) is 0 Å². The average molecular weight is 404 g/mol. The fourth-order valence-electron chi connectivity index (χ4n) is 2.98. The van der Waals surface area contributed by atoms with Crippen molar-refractivity contribution in [3.8, 4) is 5.75 Å². The summed E-state index contributed by atoms with van der Waals surface area (Å²) >= 11 is 5.91. The minimum Gasteiger partial charge on any atom is -0.507 e. The van der Waals surface area contributed by atoms with E-state index in [0.29, 0.717) is 28.3 Å². The van der Waals surface area contributed by atoms with Crippen LogP contribution in [0.25, 0.3) is 16.7 Å². The number of hydrogen-bond acceptors (Lipinski definition) is 4. The predicted octanol–water partition coefficient (Wildman–Crippen LogP) is 4.04. The summed E-state index contributed by atoms with van der Waals surface area (Å²) in [6.07, 6.45) is 2.17. The second kappa shape index (κ2) is 7.74. The second-order valence-electron chi connectivity index (χ2n) is 6.00. The topological polar surface area (TPSA) is 88.8 Å². The maximum Gasteiger partial charge on any atom is 0.376 e. The molecule has 6 nitrogen and oxygen atoms in total. The van der Waals surface area contributed by atoms with Gasteiger partial charge in [-0.1, -0.05) is 17.7 Å². The van der Waals surface area contributed by atoms with Crippen LogP contribution in [0.5, 0.6) is 5.75 Å². The van der Waals surface area contributed by atoms with Crippen molar-refractivity contribution in [2.24, 2.45) is 0 Å². The van der Waals surface area contributed by atoms with E-state index in [1.165, 1.54) is 25.4 Å². The van der Waals surface area contributed by atoms with Gasteiger partial charge in [0, 0.05) is 29.4 Å². The number of rotatable bonds is 6. The lowest BCUT2D eigenvalue weighted by Crippen LogP contribution is -2.09. The van der Waals surface area contributed by atoms with Crippen LogP contribution in [0.15, 0.2) is 48.7 Å². The molecule has 3 aromatic rings. The van der Waals surface area contributed by atoms with Gasteiger partial charge in [-0.15, -0.1) is 0 Å². The van der Waals surface area contributed by atoms with Crippen molar-refractivity contribution in [2.75, 3.05) is 7.11 Å². The zero-order valence-electron chi connectivity index (χ0n) is 14.6. The summed E-state index contributed by atoms with van der Waals surface area (Å²) in [6.45, 7) is 0.224. The SMILES string of the molecule is COc1cccc2c1c(/C(O)=C/C(=O)C(=O)O)cn2Cc1cc(F)cc(Cl)c1. The van der Waals surface area contributed by atoms with Gasteiger partial charge < -0.3 is 19.5 Å². The average Bonchev–Trinajstić information content (AvgIpc) is 2.99. The molecule has 1 heterocycles. The number of nitrogens with zero attached hydrogens (tertiary/aromatic N) is 1. The highest BCUT2D eigenvalue weighted by atomic mass is 35.5. The van der Waals surface area contributed by atoms with Gasteiger partial charge in [0.15, 0.2) is 0 Å². The molecule has 144 valence electrons. The number of aromatic nitrogens is 1. The summed E-state index contributed by atoms with van der Waals surface area (Å²) in [5.41, 5.74) is 1.43. The molecular formula is C20H15ClFNO5. The molecule has 0 amide bonds. The quantitative estimate of drug-likeness (QED) is 0.368. The van der Waals surface area contributed by atoms with Crippen molar-refractivity contribution >= 4 is 40.0 Å². The summed E-state index contributed by atoms with van der Waals surface area (Å²) in [4.78, 5) is 22.2. The van der Waals surface area contributed by atoms with E-state index in [1.807, 2.05) is 0 Å². The minimum atomic E-state index is -1.68. The molecule has 3 rings (SSSR count). The molecule has 0 saturated heterocycles. The lowest BCUT2D eigenvalue weighted by molar-refractivity contribution is -0.146. The van der Waals surface area contributed by atoms with Crippen LogP contribution >= 0.6 is 11.6 Å². The van der Waals surface area contributed by atoms with Crippen LogP contribution in [-0.4, -0.2) is 33.6 Å². The Morgan fingerprint density at radius 2 is 2.00 bits per heavy atom. The third-order valence-electron chi connectivity index (χ3n) is 4.12. The minimum absolute atomic E-state index is 0.213. The third-order valence-corrected chi connectivity index (χ3v) is 4.34. The van der Waals surface area contributed by atoms with Crippen LogP contribution in [0.4, 0.5) is 4.39 Å². The molecule has 0 aliphatic carbocycles. The number of aliphatic carboxylic acids is 1.